The van der Waals surface area contributed by atoms with Gasteiger partial charge in [-0.15, -0.1) is 0 Å². The van der Waals surface area contributed by atoms with Gasteiger partial charge >= 0.3 is 0 Å². The number of benzene rings is 1. The molecule has 0 unspecified atom stereocenters. The zero-order valence-electron chi connectivity index (χ0n) is 15.3. The molecule has 1 aliphatic heterocycles. The van der Waals surface area contributed by atoms with Crippen LogP contribution in [0.25, 0.3) is 6.08 Å². The maximum absolute atomic E-state index is 12.4. The second-order valence-electron chi connectivity index (χ2n) is 6.42. The van der Waals surface area contributed by atoms with E-state index in [2.05, 4.69) is 10.3 Å². The van der Waals surface area contributed by atoms with E-state index in [-0.39, 0.29) is 17.9 Å². The number of ether oxygens (including phenoxy) is 1. The van der Waals surface area contributed by atoms with E-state index in [9.17, 15) is 9.59 Å². The largest absolute Gasteiger partial charge is 0.497 e. The molecule has 1 N–H and O–H groups in total. The van der Waals surface area contributed by atoms with Crippen LogP contribution in [0, 0.1) is 0 Å². The summed E-state index contributed by atoms with van der Waals surface area (Å²) in [4.78, 5) is 30.3. The van der Waals surface area contributed by atoms with Crippen molar-refractivity contribution in [1.29, 1.82) is 0 Å². The summed E-state index contributed by atoms with van der Waals surface area (Å²) in [5.74, 6) is 0.621. The minimum atomic E-state index is -0.120. The summed E-state index contributed by atoms with van der Waals surface area (Å²) < 4.78 is 5.19. The summed E-state index contributed by atoms with van der Waals surface area (Å²) in [6.07, 6.45) is 8.05. The molecule has 0 spiro atoms. The van der Waals surface area contributed by atoms with E-state index in [1.165, 1.54) is 0 Å². The number of aromatic nitrogens is 1. The minimum Gasteiger partial charge on any atom is -0.497 e. The number of hydrogen-bond acceptors (Lipinski definition) is 4. The Labute approximate surface area is 158 Å². The Balaban J connectivity index is 1.49. The third kappa shape index (κ3) is 5.17. The molecule has 0 bridgehead atoms. The Bertz CT molecular complexity index is 812. The van der Waals surface area contributed by atoms with Gasteiger partial charge in [0.15, 0.2) is 0 Å². The molecule has 0 saturated carbocycles. The maximum Gasteiger partial charge on any atom is 0.253 e. The third-order valence-corrected chi connectivity index (χ3v) is 4.58. The highest BCUT2D eigenvalue weighted by atomic mass is 16.5. The van der Waals surface area contributed by atoms with Crippen molar-refractivity contribution >= 4 is 17.9 Å². The fourth-order valence-electron chi connectivity index (χ4n) is 3.03. The van der Waals surface area contributed by atoms with Crippen molar-refractivity contribution in [2.24, 2.45) is 0 Å². The van der Waals surface area contributed by atoms with E-state index in [0.717, 1.165) is 24.2 Å². The van der Waals surface area contributed by atoms with Gasteiger partial charge in [-0.1, -0.05) is 12.1 Å². The zero-order chi connectivity index (χ0) is 19.1. The molecule has 1 saturated heterocycles. The van der Waals surface area contributed by atoms with Crippen LogP contribution in [0.5, 0.6) is 5.75 Å². The maximum atomic E-state index is 12.4. The van der Waals surface area contributed by atoms with Crippen LogP contribution < -0.4 is 10.1 Å². The molecular formula is C21H23N3O3. The molecule has 0 radical (unpaired) electrons. The molecule has 1 aromatic carbocycles. The Hall–Kier alpha value is -3.15. The van der Waals surface area contributed by atoms with Gasteiger partial charge in [-0.2, -0.15) is 0 Å². The first-order valence-corrected chi connectivity index (χ1v) is 8.97. The fraction of sp³-hybridized carbons (Fsp3) is 0.286. The minimum absolute atomic E-state index is 0.0187. The van der Waals surface area contributed by atoms with Crippen molar-refractivity contribution < 1.29 is 14.3 Å². The van der Waals surface area contributed by atoms with Crippen molar-refractivity contribution in [2.45, 2.75) is 18.9 Å². The molecule has 0 aliphatic carbocycles. The monoisotopic (exact) mass is 365 g/mol. The van der Waals surface area contributed by atoms with E-state index in [1.54, 1.807) is 43.8 Å². The highest BCUT2D eigenvalue weighted by Gasteiger charge is 2.23. The lowest BCUT2D eigenvalue weighted by Crippen LogP contribution is -2.46. The second kappa shape index (κ2) is 8.98. The Kier molecular flexibility index (Phi) is 6.20. The molecule has 2 aromatic rings. The molecule has 27 heavy (non-hydrogen) atoms. The Morgan fingerprint density at radius 2 is 2.04 bits per heavy atom. The van der Waals surface area contributed by atoms with E-state index in [1.807, 2.05) is 29.2 Å². The summed E-state index contributed by atoms with van der Waals surface area (Å²) >= 11 is 0. The summed E-state index contributed by atoms with van der Waals surface area (Å²) in [5.41, 5.74) is 1.47. The van der Waals surface area contributed by atoms with Gasteiger partial charge in [-0.05, 0) is 48.7 Å². The number of rotatable bonds is 5. The van der Waals surface area contributed by atoms with Gasteiger partial charge in [0.1, 0.15) is 5.75 Å². The number of carbonyl (C=O) groups excluding carboxylic acids is 2. The highest BCUT2D eigenvalue weighted by Crippen LogP contribution is 2.15. The van der Waals surface area contributed by atoms with Crippen molar-refractivity contribution in [3.8, 4) is 5.75 Å². The van der Waals surface area contributed by atoms with Crippen molar-refractivity contribution in [3.05, 3.63) is 66.0 Å². The lowest BCUT2D eigenvalue weighted by molar-refractivity contribution is -0.126. The molecule has 2 amide bonds. The molecule has 1 aromatic heterocycles. The van der Waals surface area contributed by atoms with Gasteiger partial charge in [-0.3, -0.25) is 14.6 Å². The van der Waals surface area contributed by atoms with Crippen LogP contribution in [-0.4, -0.2) is 47.9 Å². The molecule has 1 aliphatic rings. The van der Waals surface area contributed by atoms with Gasteiger partial charge in [-0.25, -0.2) is 0 Å². The average molecular weight is 365 g/mol. The normalized spacial score (nSPS) is 14.9. The SMILES string of the molecule is COc1cccc(/C=C/C(=O)N2CCC(NC(=O)c3cccnc3)CC2)c1. The lowest BCUT2D eigenvalue weighted by Gasteiger charge is -2.31. The number of pyridine rings is 1. The van der Waals surface area contributed by atoms with Gasteiger partial charge in [0.05, 0.1) is 12.7 Å². The van der Waals surface area contributed by atoms with Gasteiger partial charge < -0.3 is 15.0 Å². The van der Waals surface area contributed by atoms with E-state index < -0.39 is 0 Å². The smallest absolute Gasteiger partial charge is 0.253 e. The predicted molar refractivity (Wildman–Crippen MR) is 103 cm³/mol. The summed E-state index contributed by atoms with van der Waals surface area (Å²) in [5, 5.41) is 3.02. The predicted octanol–water partition coefficient (Wildman–Crippen LogP) is 2.52. The molecule has 2 heterocycles. The van der Waals surface area contributed by atoms with Crippen molar-refractivity contribution in [3.63, 3.8) is 0 Å². The fourth-order valence-corrected chi connectivity index (χ4v) is 3.03. The van der Waals surface area contributed by atoms with Crippen LogP contribution in [0.15, 0.2) is 54.9 Å². The van der Waals surface area contributed by atoms with Crippen LogP contribution in [0.1, 0.15) is 28.8 Å². The zero-order valence-corrected chi connectivity index (χ0v) is 15.3. The lowest BCUT2D eigenvalue weighted by atomic mass is 10.0. The average Bonchev–Trinajstić information content (AvgIpc) is 2.73. The summed E-state index contributed by atoms with van der Waals surface area (Å²) in [7, 11) is 1.62. The van der Waals surface area contributed by atoms with Crippen LogP contribution >= 0.6 is 0 Å². The molecule has 3 rings (SSSR count). The first-order valence-electron chi connectivity index (χ1n) is 8.97. The number of amides is 2. The number of piperidine rings is 1. The van der Waals surface area contributed by atoms with Crippen LogP contribution in [0.2, 0.25) is 0 Å². The number of nitrogens with zero attached hydrogens (tertiary/aromatic N) is 2. The van der Waals surface area contributed by atoms with E-state index in [4.69, 9.17) is 4.74 Å². The first kappa shape index (κ1) is 18.6. The number of nitrogens with one attached hydrogen (secondary N) is 1. The van der Waals surface area contributed by atoms with Gasteiger partial charge in [0.2, 0.25) is 5.91 Å². The first-order chi connectivity index (χ1) is 13.2. The second-order valence-corrected chi connectivity index (χ2v) is 6.42. The number of carbonyl (C=O) groups is 2. The highest BCUT2D eigenvalue weighted by molar-refractivity contribution is 5.94. The summed E-state index contributed by atoms with van der Waals surface area (Å²) in [6.45, 7) is 1.25. The Morgan fingerprint density at radius 3 is 2.74 bits per heavy atom. The van der Waals surface area contributed by atoms with Crippen LogP contribution in [0.3, 0.4) is 0 Å². The number of methoxy groups -OCH3 is 1. The molecule has 6 nitrogen and oxygen atoms in total. The summed E-state index contributed by atoms with van der Waals surface area (Å²) in [6, 6.07) is 11.1. The van der Waals surface area contributed by atoms with Gasteiger partial charge in [0, 0.05) is 37.6 Å². The quantitative estimate of drug-likeness (QED) is 0.827. The number of hydrogen-bond donors (Lipinski definition) is 1. The van der Waals surface area contributed by atoms with Crippen molar-refractivity contribution in [1.82, 2.24) is 15.2 Å². The molecule has 6 heteroatoms. The van der Waals surface area contributed by atoms with E-state index in [0.29, 0.717) is 18.7 Å². The standard InChI is InChI=1S/C21H23N3O3/c1-27-19-6-2-4-16(14-19)7-8-20(25)24-12-9-18(10-13-24)23-21(26)17-5-3-11-22-15-17/h2-8,11,14-15,18H,9-10,12-13H2,1H3,(H,23,26)/b8-7+. The Morgan fingerprint density at radius 1 is 1.22 bits per heavy atom. The topological polar surface area (TPSA) is 71.5 Å². The van der Waals surface area contributed by atoms with Gasteiger partial charge in [0.25, 0.3) is 5.91 Å². The van der Waals surface area contributed by atoms with Crippen LogP contribution in [-0.2, 0) is 4.79 Å². The third-order valence-electron chi connectivity index (χ3n) is 4.58. The van der Waals surface area contributed by atoms with E-state index >= 15 is 0 Å². The molecule has 0 atom stereocenters. The number of likely N-dealkylation sites (tertiary alicyclic amines) is 1. The van der Waals surface area contributed by atoms with Crippen molar-refractivity contribution in [2.75, 3.05) is 20.2 Å². The molecule has 140 valence electrons. The van der Waals surface area contributed by atoms with Crippen LogP contribution in [0.4, 0.5) is 0 Å². The molecule has 1 fully saturated rings. The molecular weight excluding hydrogens is 342 g/mol.